The summed E-state index contributed by atoms with van der Waals surface area (Å²) in [4.78, 5) is 8.51. The predicted molar refractivity (Wildman–Crippen MR) is 70.0 cm³/mol. The fraction of sp³-hybridized carbons (Fsp3) is 0.333. The van der Waals surface area contributed by atoms with Crippen molar-refractivity contribution in [2.75, 3.05) is 37.5 Å². The first-order valence-corrected chi connectivity index (χ1v) is 5.92. The zero-order chi connectivity index (χ0) is 12.4. The van der Waals surface area contributed by atoms with Gasteiger partial charge in [-0.15, -0.1) is 0 Å². The Morgan fingerprint density at radius 1 is 1.22 bits per heavy atom. The maximum Gasteiger partial charge on any atom is 0.151 e. The third-order valence-corrected chi connectivity index (χ3v) is 2.93. The highest BCUT2D eigenvalue weighted by Crippen LogP contribution is 2.22. The number of benzene rings is 1. The number of hydrogen-bond acceptors (Lipinski definition) is 6. The molecule has 2 heterocycles. The Morgan fingerprint density at radius 2 is 2.06 bits per heavy atom. The van der Waals surface area contributed by atoms with Crippen LogP contribution in [0.5, 0.6) is 0 Å². The fourth-order valence-corrected chi connectivity index (χ4v) is 1.99. The van der Waals surface area contributed by atoms with Crippen molar-refractivity contribution in [2.45, 2.75) is 0 Å². The van der Waals surface area contributed by atoms with E-state index in [2.05, 4.69) is 20.4 Å². The third kappa shape index (κ3) is 2.20. The number of ether oxygens (including phenoxy) is 1. The quantitative estimate of drug-likeness (QED) is 0.765. The highest BCUT2D eigenvalue weighted by molar-refractivity contribution is 5.90. The maximum absolute atomic E-state index is 5.81. The molecule has 0 amide bonds. The lowest BCUT2D eigenvalue weighted by atomic mass is 10.2. The molecule has 6 nitrogen and oxygen atoms in total. The Morgan fingerprint density at radius 3 is 2.89 bits per heavy atom. The van der Waals surface area contributed by atoms with E-state index in [1.54, 1.807) is 6.33 Å². The fourth-order valence-electron chi connectivity index (χ4n) is 1.99. The van der Waals surface area contributed by atoms with Crippen LogP contribution in [0.25, 0.3) is 10.9 Å². The van der Waals surface area contributed by atoms with Gasteiger partial charge >= 0.3 is 0 Å². The van der Waals surface area contributed by atoms with E-state index in [4.69, 9.17) is 10.5 Å². The molecule has 94 valence electrons. The Labute approximate surface area is 105 Å². The van der Waals surface area contributed by atoms with Gasteiger partial charge in [0.15, 0.2) is 5.82 Å². The van der Waals surface area contributed by atoms with Gasteiger partial charge in [0.2, 0.25) is 0 Å². The van der Waals surface area contributed by atoms with Crippen molar-refractivity contribution in [3.05, 3.63) is 24.5 Å². The zero-order valence-electron chi connectivity index (χ0n) is 9.97. The van der Waals surface area contributed by atoms with Gasteiger partial charge in [0.05, 0.1) is 18.7 Å². The summed E-state index contributed by atoms with van der Waals surface area (Å²) in [6.07, 6.45) is 1.56. The molecule has 3 N–H and O–H groups in total. The van der Waals surface area contributed by atoms with Crippen molar-refractivity contribution in [3.8, 4) is 0 Å². The number of aromatic nitrogens is 2. The van der Waals surface area contributed by atoms with E-state index in [1.807, 2.05) is 18.2 Å². The molecule has 1 aliphatic heterocycles. The second kappa shape index (κ2) is 4.75. The lowest BCUT2D eigenvalue weighted by Crippen LogP contribution is -2.40. The molecule has 0 aliphatic carbocycles. The average Bonchev–Trinajstić information content (AvgIpc) is 2.41. The molecular weight excluding hydrogens is 230 g/mol. The molecule has 1 aromatic carbocycles. The second-order valence-corrected chi connectivity index (χ2v) is 4.21. The average molecular weight is 245 g/mol. The number of nitrogens with one attached hydrogen (secondary N) is 1. The van der Waals surface area contributed by atoms with Gasteiger partial charge in [0.1, 0.15) is 6.33 Å². The second-order valence-electron chi connectivity index (χ2n) is 4.21. The van der Waals surface area contributed by atoms with Crippen molar-refractivity contribution in [3.63, 3.8) is 0 Å². The minimum absolute atomic E-state index is 0.710. The summed E-state index contributed by atoms with van der Waals surface area (Å²) in [7, 11) is 0. The van der Waals surface area contributed by atoms with Gasteiger partial charge in [-0.3, -0.25) is 0 Å². The zero-order valence-corrected chi connectivity index (χ0v) is 9.97. The van der Waals surface area contributed by atoms with E-state index < -0.39 is 0 Å². The number of anilines is 2. The first-order valence-electron chi connectivity index (χ1n) is 5.92. The molecule has 0 atom stereocenters. The Kier molecular flexibility index (Phi) is 2.95. The van der Waals surface area contributed by atoms with Gasteiger partial charge in [-0.25, -0.2) is 15.0 Å². The van der Waals surface area contributed by atoms with Crippen LogP contribution in [0.2, 0.25) is 0 Å². The number of morpholine rings is 1. The molecule has 3 rings (SSSR count). The molecule has 2 aromatic rings. The van der Waals surface area contributed by atoms with Gasteiger partial charge in [0, 0.05) is 24.2 Å². The standard InChI is InChI=1S/C12H15N5O/c13-9-1-2-11-10(7-9)12(15-8-14-11)16-17-3-5-18-6-4-17/h1-2,7-8H,3-6,13H2,(H,14,15,16). The van der Waals surface area contributed by atoms with Crippen LogP contribution in [0.4, 0.5) is 11.5 Å². The van der Waals surface area contributed by atoms with Crippen molar-refractivity contribution < 1.29 is 4.74 Å². The summed E-state index contributed by atoms with van der Waals surface area (Å²) in [5.74, 6) is 0.786. The van der Waals surface area contributed by atoms with Crippen molar-refractivity contribution in [2.24, 2.45) is 0 Å². The number of hydrazine groups is 1. The van der Waals surface area contributed by atoms with E-state index in [1.165, 1.54) is 0 Å². The molecule has 0 bridgehead atoms. The predicted octanol–water partition coefficient (Wildman–Crippen LogP) is 0.871. The summed E-state index contributed by atoms with van der Waals surface area (Å²) in [6, 6.07) is 5.63. The number of nitrogens with zero attached hydrogens (tertiary/aromatic N) is 3. The first kappa shape index (κ1) is 11.2. The molecule has 1 fully saturated rings. The van der Waals surface area contributed by atoms with Crippen LogP contribution in [0.15, 0.2) is 24.5 Å². The molecule has 0 saturated carbocycles. The molecule has 0 radical (unpaired) electrons. The topological polar surface area (TPSA) is 76.3 Å². The van der Waals surface area contributed by atoms with Gasteiger partial charge < -0.3 is 15.9 Å². The molecule has 0 spiro atoms. The summed E-state index contributed by atoms with van der Waals surface area (Å²) >= 11 is 0. The van der Waals surface area contributed by atoms with Crippen LogP contribution >= 0.6 is 0 Å². The van der Waals surface area contributed by atoms with E-state index in [9.17, 15) is 0 Å². The van der Waals surface area contributed by atoms with Gasteiger partial charge in [-0.05, 0) is 18.2 Å². The van der Waals surface area contributed by atoms with E-state index in [0.29, 0.717) is 5.69 Å². The Hall–Kier alpha value is -1.92. The van der Waals surface area contributed by atoms with Crippen molar-refractivity contribution in [1.29, 1.82) is 0 Å². The SMILES string of the molecule is Nc1ccc2ncnc(NN3CCOCC3)c2c1. The number of rotatable bonds is 2. The summed E-state index contributed by atoms with van der Waals surface area (Å²) in [5, 5.41) is 3.03. The highest BCUT2D eigenvalue weighted by Gasteiger charge is 2.12. The number of nitrogen functional groups attached to an aromatic ring is 1. The number of fused-ring (bicyclic) bond motifs is 1. The number of nitrogens with two attached hydrogens (primary N) is 1. The Balaban J connectivity index is 1.92. The summed E-state index contributed by atoms with van der Waals surface area (Å²) < 4.78 is 5.31. The molecule has 1 aromatic heterocycles. The molecule has 1 saturated heterocycles. The summed E-state index contributed by atoms with van der Waals surface area (Å²) in [6.45, 7) is 3.15. The molecule has 18 heavy (non-hydrogen) atoms. The molecule has 0 unspecified atom stereocenters. The lowest BCUT2D eigenvalue weighted by molar-refractivity contribution is 0.0495. The largest absolute Gasteiger partial charge is 0.399 e. The van der Waals surface area contributed by atoms with E-state index >= 15 is 0 Å². The van der Waals surface area contributed by atoms with Crippen molar-refractivity contribution >= 4 is 22.4 Å². The number of hydrogen-bond donors (Lipinski definition) is 2. The van der Waals surface area contributed by atoms with Crippen LogP contribution in [-0.4, -0.2) is 41.3 Å². The van der Waals surface area contributed by atoms with Crippen LogP contribution in [0, 0.1) is 0 Å². The van der Waals surface area contributed by atoms with Crippen molar-refractivity contribution in [1.82, 2.24) is 15.0 Å². The van der Waals surface area contributed by atoms with E-state index in [0.717, 1.165) is 43.0 Å². The monoisotopic (exact) mass is 245 g/mol. The minimum Gasteiger partial charge on any atom is -0.399 e. The van der Waals surface area contributed by atoms with Gasteiger partial charge in [-0.1, -0.05) is 0 Å². The molecule has 6 heteroatoms. The van der Waals surface area contributed by atoms with Crippen LogP contribution in [0.3, 0.4) is 0 Å². The summed E-state index contributed by atoms with van der Waals surface area (Å²) in [5.41, 5.74) is 10.7. The Bertz CT molecular complexity index is 553. The first-order chi connectivity index (χ1) is 8.83. The maximum atomic E-state index is 5.81. The molecular formula is C12H15N5O. The van der Waals surface area contributed by atoms with Crippen LogP contribution in [-0.2, 0) is 4.74 Å². The van der Waals surface area contributed by atoms with Crippen LogP contribution in [0.1, 0.15) is 0 Å². The van der Waals surface area contributed by atoms with Gasteiger partial charge in [0.25, 0.3) is 0 Å². The highest BCUT2D eigenvalue weighted by atomic mass is 16.5. The smallest absolute Gasteiger partial charge is 0.151 e. The van der Waals surface area contributed by atoms with Crippen LogP contribution < -0.4 is 11.2 Å². The molecule has 1 aliphatic rings. The van der Waals surface area contributed by atoms with E-state index in [-0.39, 0.29) is 0 Å². The normalized spacial score (nSPS) is 16.9. The van der Waals surface area contributed by atoms with Gasteiger partial charge in [-0.2, -0.15) is 0 Å². The lowest BCUT2D eigenvalue weighted by Gasteiger charge is -2.27. The third-order valence-electron chi connectivity index (χ3n) is 2.93. The minimum atomic E-state index is 0.710.